The average Bonchev–Trinajstić information content (AvgIpc) is 2.68. The molecule has 2 N–H and O–H groups in total. The van der Waals surface area contributed by atoms with Crippen LogP contribution in [-0.2, 0) is 14.3 Å². The van der Waals surface area contributed by atoms with Crippen LogP contribution in [0, 0.1) is 6.92 Å². The predicted octanol–water partition coefficient (Wildman–Crippen LogP) is 2.35. The summed E-state index contributed by atoms with van der Waals surface area (Å²) in [6.45, 7) is 3.13. The van der Waals surface area contributed by atoms with E-state index in [-0.39, 0.29) is 23.8 Å². The Morgan fingerprint density at radius 1 is 1.14 bits per heavy atom. The highest BCUT2D eigenvalue weighted by Crippen LogP contribution is 2.24. The summed E-state index contributed by atoms with van der Waals surface area (Å²) < 4.78 is 10.1. The zero-order valence-corrected chi connectivity index (χ0v) is 16.8. The molecule has 2 rings (SSSR count). The second-order valence-corrected chi connectivity index (χ2v) is 6.54. The van der Waals surface area contributed by atoms with Crippen LogP contribution in [0.4, 0.5) is 5.69 Å². The van der Waals surface area contributed by atoms with Gasteiger partial charge in [0.15, 0.2) is 6.10 Å². The molecule has 0 bridgehead atoms. The van der Waals surface area contributed by atoms with Crippen molar-refractivity contribution in [3.8, 4) is 11.5 Å². The van der Waals surface area contributed by atoms with Crippen molar-refractivity contribution in [2.45, 2.75) is 20.0 Å². The molecule has 29 heavy (non-hydrogen) atoms. The number of benzene rings is 2. The molecule has 154 valence electrons. The number of aryl methyl sites for hydroxylation is 1. The molecule has 8 nitrogen and oxygen atoms in total. The Hall–Kier alpha value is -3.55. The SMILES string of the molecule is COc1ccc(C(=O)O[C@H](C)C(=O)N(C)CC(=O)Nc2ccc(C)cc2)c(O)c1. The minimum Gasteiger partial charge on any atom is -0.507 e. The first-order valence-corrected chi connectivity index (χ1v) is 8.90. The fraction of sp³-hybridized carbons (Fsp3) is 0.286. The fourth-order valence-electron chi connectivity index (χ4n) is 2.53. The lowest BCUT2D eigenvalue weighted by Gasteiger charge is -2.21. The van der Waals surface area contributed by atoms with Gasteiger partial charge in [0, 0.05) is 18.8 Å². The van der Waals surface area contributed by atoms with Gasteiger partial charge in [-0.3, -0.25) is 9.59 Å². The molecule has 0 saturated heterocycles. The van der Waals surface area contributed by atoms with Gasteiger partial charge in [0.2, 0.25) is 5.91 Å². The van der Waals surface area contributed by atoms with Crippen molar-refractivity contribution in [3.05, 3.63) is 53.6 Å². The van der Waals surface area contributed by atoms with Crippen LogP contribution in [0.3, 0.4) is 0 Å². The van der Waals surface area contributed by atoms with Crippen molar-refractivity contribution in [2.24, 2.45) is 0 Å². The summed E-state index contributed by atoms with van der Waals surface area (Å²) >= 11 is 0. The lowest BCUT2D eigenvalue weighted by Crippen LogP contribution is -2.41. The summed E-state index contributed by atoms with van der Waals surface area (Å²) in [5, 5.41) is 12.6. The number of hydrogen-bond acceptors (Lipinski definition) is 6. The van der Waals surface area contributed by atoms with Crippen molar-refractivity contribution in [1.29, 1.82) is 0 Å². The van der Waals surface area contributed by atoms with E-state index < -0.39 is 18.0 Å². The second kappa shape index (κ2) is 9.59. The van der Waals surface area contributed by atoms with Crippen molar-refractivity contribution in [1.82, 2.24) is 4.90 Å². The lowest BCUT2D eigenvalue weighted by atomic mass is 10.2. The van der Waals surface area contributed by atoms with Gasteiger partial charge in [-0.15, -0.1) is 0 Å². The summed E-state index contributed by atoms with van der Waals surface area (Å²) in [5.41, 5.74) is 1.59. The molecule has 8 heteroatoms. The fourth-order valence-corrected chi connectivity index (χ4v) is 2.53. The van der Waals surface area contributed by atoms with Gasteiger partial charge in [-0.1, -0.05) is 17.7 Å². The van der Waals surface area contributed by atoms with Gasteiger partial charge >= 0.3 is 5.97 Å². The number of aromatic hydroxyl groups is 1. The van der Waals surface area contributed by atoms with Crippen molar-refractivity contribution < 1.29 is 29.0 Å². The van der Waals surface area contributed by atoms with E-state index in [9.17, 15) is 19.5 Å². The molecule has 0 aromatic heterocycles. The zero-order chi connectivity index (χ0) is 21.6. The van der Waals surface area contributed by atoms with Crippen molar-refractivity contribution in [2.75, 3.05) is 26.0 Å². The van der Waals surface area contributed by atoms with Crippen LogP contribution >= 0.6 is 0 Å². The maximum absolute atomic E-state index is 12.4. The third kappa shape index (κ3) is 5.97. The largest absolute Gasteiger partial charge is 0.507 e. The molecule has 0 aliphatic carbocycles. The second-order valence-electron chi connectivity index (χ2n) is 6.54. The van der Waals surface area contributed by atoms with Crippen LogP contribution in [0.1, 0.15) is 22.8 Å². The Bertz CT molecular complexity index is 895. The molecule has 0 fully saturated rings. The first-order valence-electron chi connectivity index (χ1n) is 8.90. The highest BCUT2D eigenvalue weighted by molar-refractivity contribution is 5.97. The van der Waals surface area contributed by atoms with E-state index in [0.717, 1.165) is 10.5 Å². The van der Waals surface area contributed by atoms with Gasteiger partial charge in [-0.2, -0.15) is 0 Å². The topological polar surface area (TPSA) is 105 Å². The molecule has 0 aliphatic heterocycles. The van der Waals surface area contributed by atoms with Crippen molar-refractivity contribution >= 4 is 23.5 Å². The Morgan fingerprint density at radius 3 is 2.38 bits per heavy atom. The summed E-state index contributed by atoms with van der Waals surface area (Å²) in [4.78, 5) is 37.9. The van der Waals surface area contributed by atoms with Crippen LogP contribution in [0.5, 0.6) is 11.5 Å². The number of amides is 2. The minimum absolute atomic E-state index is 0.0924. The third-order valence-electron chi connectivity index (χ3n) is 4.15. The number of rotatable bonds is 7. The number of carbonyl (C=O) groups excluding carboxylic acids is 3. The Kier molecular flexibility index (Phi) is 7.19. The van der Waals surface area contributed by atoms with Gasteiger partial charge < -0.3 is 24.8 Å². The number of likely N-dealkylation sites (N-methyl/N-ethyl adjacent to an activating group) is 1. The predicted molar refractivity (Wildman–Crippen MR) is 107 cm³/mol. The van der Waals surface area contributed by atoms with Gasteiger partial charge in [-0.05, 0) is 38.1 Å². The molecule has 0 heterocycles. The number of hydrogen-bond donors (Lipinski definition) is 2. The smallest absolute Gasteiger partial charge is 0.342 e. The highest BCUT2D eigenvalue weighted by Gasteiger charge is 2.25. The van der Waals surface area contributed by atoms with E-state index in [1.807, 2.05) is 19.1 Å². The normalized spacial score (nSPS) is 11.3. The molecule has 2 aromatic carbocycles. The van der Waals surface area contributed by atoms with Gasteiger partial charge in [0.1, 0.15) is 17.1 Å². The monoisotopic (exact) mass is 400 g/mol. The number of nitrogens with zero attached hydrogens (tertiary/aromatic N) is 1. The Balaban J connectivity index is 1.91. The van der Waals surface area contributed by atoms with E-state index in [1.165, 1.54) is 39.3 Å². The van der Waals surface area contributed by atoms with Crippen LogP contribution in [0.25, 0.3) is 0 Å². The maximum atomic E-state index is 12.4. The summed E-state index contributed by atoms with van der Waals surface area (Å²) in [5.74, 6) is -1.73. The number of phenolic OH excluding ortho intramolecular Hbond substituents is 1. The maximum Gasteiger partial charge on any atom is 0.342 e. The van der Waals surface area contributed by atoms with E-state index in [4.69, 9.17) is 9.47 Å². The number of esters is 1. The highest BCUT2D eigenvalue weighted by atomic mass is 16.5. The molecular formula is C21H24N2O6. The van der Waals surface area contributed by atoms with E-state index in [2.05, 4.69) is 5.32 Å². The molecule has 0 unspecified atom stereocenters. The molecule has 0 aliphatic rings. The zero-order valence-electron chi connectivity index (χ0n) is 16.8. The van der Waals surface area contributed by atoms with Crippen LogP contribution in [0.15, 0.2) is 42.5 Å². The molecule has 2 aromatic rings. The standard InChI is InChI=1S/C21H24N2O6/c1-13-5-7-15(8-6-13)22-19(25)12-23(3)20(26)14(2)29-21(27)17-10-9-16(28-4)11-18(17)24/h5-11,14,24H,12H2,1-4H3,(H,22,25)/t14-/m1/s1. The van der Waals surface area contributed by atoms with Crippen molar-refractivity contribution in [3.63, 3.8) is 0 Å². The number of anilines is 1. The minimum atomic E-state index is -1.14. The quantitative estimate of drug-likeness (QED) is 0.692. The molecule has 0 radical (unpaired) electrons. The van der Waals surface area contributed by atoms with E-state index >= 15 is 0 Å². The average molecular weight is 400 g/mol. The Labute approximate surface area is 169 Å². The van der Waals surface area contributed by atoms with Gasteiger partial charge in [0.05, 0.1) is 13.7 Å². The van der Waals surface area contributed by atoms with Crippen LogP contribution in [0.2, 0.25) is 0 Å². The molecule has 0 spiro atoms. The summed E-state index contributed by atoms with van der Waals surface area (Å²) in [6, 6.07) is 11.4. The first kappa shape index (κ1) is 21.7. The molecule has 2 amide bonds. The van der Waals surface area contributed by atoms with E-state index in [1.54, 1.807) is 12.1 Å². The molecule has 1 atom stereocenters. The third-order valence-corrected chi connectivity index (χ3v) is 4.15. The number of ether oxygens (including phenoxy) is 2. The molecular weight excluding hydrogens is 376 g/mol. The van der Waals surface area contributed by atoms with Gasteiger partial charge in [-0.25, -0.2) is 4.79 Å². The number of nitrogens with one attached hydrogen (secondary N) is 1. The number of carbonyl (C=O) groups is 3. The Morgan fingerprint density at radius 2 is 1.79 bits per heavy atom. The van der Waals surface area contributed by atoms with Gasteiger partial charge in [0.25, 0.3) is 5.91 Å². The van der Waals surface area contributed by atoms with Crippen LogP contribution < -0.4 is 10.1 Å². The molecule has 0 saturated carbocycles. The number of phenols is 1. The number of methoxy groups -OCH3 is 1. The summed E-state index contributed by atoms with van der Waals surface area (Å²) in [6.07, 6.45) is -1.14. The summed E-state index contributed by atoms with van der Waals surface area (Å²) in [7, 11) is 2.87. The van der Waals surface area contributed by atoms with Crippen LogP contribution in [-0.4, -0.2) is 54.6 Å². The lowest BCUT2D eigenvalue weighted by molar-refractivity contribution is -0.140. The first-order chi connectivity index (χ1) is 13.7. The van der Waals surface area contributed by atoms with E-state index in [0.29, 0.717) is 11.4 Å².